The van der Waals surface area contributed by atoms with E-state index in [-0.39, 0.29) is 17.9 Å². The van der Waals surface area contributed by atoms with E-state index >= 15 is 0 Å². The van der Waals surface area contributed by atoms with Crippen molar-refractivity contribution in [2.45, 2.75) is 18.9 Å². The Labute approximate surface area is 184 Å². The van der Waals surface area contributed by atoms with Crippen molar-refractivity contribution in [1.82, 2.24) is 9.88 Å². The number of aliphatic carboxylic acids is 1. The van der Waals surface area contributed by atoms with Gasteiger partial charge in [0.1, 0.15) is 0 Å². The van der Waals surface area contributed by atoms with Crippen molar-refractivity contribution in [1.29, 1.82) is 0 Å². The predicted octanol–water partition coefficient (Wildman–Crippen LogP) is 3.47. The van der Waals surface area contributed by atoms with Gasteiger partial charge in [0.05, 0.1) is 22.7 Å². The normalized spacial score (nSPS) is 23.7. The number of hydrogen-bond donors (Lipinski definition) is 2. The SMILES string of the molecule is Nc1cc(Cl)cnc1N1CCN(C(=O)C2CC(C(=O)O)C2)C[C@@H]1c1ccc(Cl)cc1. The first-order valence-electron chi connectivity index (χ1n) is 9.78. The quantitative estimate of drug-likeness (QED) is 0.742. The van der Waals surface area contributed by atoms with Gasteiger partial charge >= 0.3 is 5.97 Å². The molecule has 30 heavy (non-hydrogen) atoms. The van der Waals surface area contributed by atoms with E-state index in [0.29, 0.717) is 54.0 Å². The number of rotatable bonds is 4. The zero-order valence-corrected chi connectivity index (χ0v) is 17.7. The molecular formula is C21H22Cl2N4O3. The van der Waals surface area contributed by atoms with Crippen LogP contribution in [0.2, 0.25) is 10.0 Å². The summed E-state index contributed by atoms with van der Waals surface area (Å²) in [5, 5.41) is 10.2. The Morgan fingerprint density at radius 3 is 2.40 bits per heavy atom. The number of anilines is 2. The summed E-state index contributed by atoms with van der Waals surface area (Å²) in [6.45, 7) is 1.52. The van der Waals surface area contributed by atoms with Gasteiger partial charge in [0.2, 0.25) is 5.91 Å². The number of carboxylic acids is 1. The summed E-state index contributed by atoms with van der Waals surface area (Å²) in [5.41, 5.74) is 7.65. The first-order valence-corrected chi connectivity index (χ1v) is 10.5. The second-order valence-corrected chi connectivity index (χ2v) is 8.69. The van der Waals surface area contributed by atoms with Crippen molar-refractivity contribution in [2.75, 3.05) is 30.3 Å². The van der Waals surface area contributed by atoms with E-state index in [4.69, 9.17) is 34.0 Å². The van der Waals surface area contributed by atoms with E-state index < -0.39 is 11.9 Å². The molecular weight excluding hydrogens is 427 g/mol. The number of amides is 1. The molecule has 1 aliphatic carbocycles. The molecule has 1 saturated carbocycles. The Morgan fingerprint density at radius 2 is 1.77 bits per heavy atom. The average molecular weight is 449 g/mol. The van der Waals surface area contributed by atoms with Crippen LogP contribution < -0.4 is 10.6 Å². The molecule has 0 unspecified atom stereocenters. The summed E-state index contributed by atoms with van der Waals surface area (Å²) in [5.74, 6) is -0.816. The van der Waals surface area contributed by atoms with E-state index in [0.717, 1.165) is 5.56 Å². The van der Waals surface area contributed by atoms with Crippen LogP contribution in [-0.4, -0.2) is 46.5 Å². The highest BCUT2D eigenvalue weighted by Gasteiger charge is 2.42. The number of piperazine rings is 1. The van der Waals surface area contributed by atoms with Crippen LogP contribution in [0.5, 0.6) is 0 Å². The number of nitrogen functional groups attached to an aromatic ring is 1. The fourth-order valence-electron chi connectivity index (χ4n) is 4.17. The van der Waals surface area contributed by atoms with Crippen LogP contribution in [-0.2, 0) is 9.59 Å². The molecule has 2 aromatic rings. The van der Waals surface area contributed by atoms with E-state index in [1.807, 2.05) is 29.2 Å². The lowest BCUT2D eigenvalue weighted by Gasteiger charge is -2.45. The van der Waals surface area contributed by atoms with Crippen LogP contribution in [0.3, 0.4) is 0 Å². The number of pyridine rings is 1. The summed E-state index contributed by atoms with van der Waals surface area (Å²) in [4.78, 5) is 32.4. The van der Waals surface area contributed by atoms with E-state index in [1.54, 1.807) is 12.3 Å². The molecule has 2 aliphatic rings. The number of aromatic nitrogens is 1. The molecule has 0 radical (unpaired) electrons. The molecule has 1 aliphatic heterocycles. The Morgan fingerprint density at radius 1 is 1.07 bits per heavy atom. The summed E-state index contributed by atoms with van der Waals surface area (Å²) in [6, 6.07) is 9.01. The number of carbonyl (C=O) groups is 2. The predicted molar refractivity (Wildman–Crippen MR) is 116 cm³/mol. The van der Waals surface area contributed by atoms with Crippen LogP contribution in [0.25, 0.3) is 0 Å². The van der Waals surface area contributed by atoms with Crippen molar-refractivity contribution >= 4 is 46.6 Å². The molecule has 2 heterocycles. The Balaban J connectivity index is 1.58. The van der Waals surface area contributed by atoms with Crippen molar-refractivity contribution in [3.8, 4) is 0 Å². The van der Waals surface area contributed by atoms with E-state index in [1.165, 1.54) is 0 Å². The molecule has 158 valence electrons. The standard InChI is InChI=1S/C21H22Cl2N4O3/c22-15-3-1-12(2-4-15)18-11-26(20(28)13-7-14(8-13)21(29)30)5-6-27(18)19-17(24)9-16(23)10-25-19/h1-4,9-10,13-14,18H,5-8,11,24H2,(H,29,30)/t13?,14?,18-/m1/s1. The van der Waals surface area contributed by atoms with Crippen LogP contribution in [0.1, 0.15) is 24.4 Å². The largest absolute Gasteiger partial charge is 0.481 e. The van der Waals surface area contributed by atoms with Gasteiger partial charge in [-0.2, -0.15) is 0 Å². The fraction of sp³-hybridized carbons (Fsp3) is 0.381. The highest BCUT2D eigenvalue weighted by atomic mass is 35.5. The number of halogens is 2. The Bertz CT molecular complexity index is 963. The van der Waals surface area contributed by atoms with Gasteiger partial charge in [-0.25, -0.2) is 4.98 Å². The molecule has 1 saturated heterocycles. The maximum atomic E-state index is 13.0. The van der Waals surface area contributed by atoms with Gasteiger partial charge < -0.3 is 20.6 Å². The van der Waals surface area contributed by atoms with E-state index in [9.17, 15) is 9.59 Å². The zero-order valence-electron chi connectivity index (χ0n) is 16.2. The van der Waals surface area contributed by atoms with Gasteiger partial charge in [-0.1, -0.05) is 35.3 Å². The first kappa shape index (κ1) is 20.8. The number of nitrogens with zero attached hydrogens (tertiary/aromatic N) is 3. The minimum absolute atomic E-state index is 0.0168. The topological polar surface area (TPSA) is 99.8 Å². The Hall–Kier alpha value is -2.51. The van der Waals surface area contributed by atoms with Crippen molar-refractivity contribution in [2.24, 2.45) is 11.8 Å². The molecule has 4 rings (SSSR count). The molecule has 1 aromatic carbocycles. The molecule has 1 aromatic heterocycles. The number of carbonyl (C=O) groups excluding carboxylic acids is 1. The van der Waals surface area contributed by atoms with Crippen molar-refractivity contribution in [3.63, 3.8) is 0 Å². The van der Waals surface area contributed by atoms with Gasteiger partial charge in [0.25, 0.3) is 0 Å². The minimum Gasteiger partial charge on any atom is -0.481 e. The minimum atomic E-state index is -0.827. The third-order valence-electron chi connectivity index (χ3n) is 5.92. The second-order valence-electron chi connectivity index (χ2n) is 7.81. The van der Waals surface area contributed by atoms with Crippen LogP contribution in [0.4, 0.5) is 11.5 Å². The van der Waals surface area contributed by atoms with Crippen LogP contribution in [0.15, 0.2) is 36.5 Å². The Kier molecular flexibility index (Phi) is 5.75. The summed E-state index contributed by atoms with van der Waals surface area (Å²) < 4.78 is 0. The number of carboxylic acid groups (broad SMARTS) is 1. The summed E-state index contributed by atoms with van der Waals surface area (Å²) in [7, 11) is 0. The maximum absolute atomic E-state index is 13.0. The summed E-state index contributed by atoms with van der Waals surface area (Å²) >= 11 is 12.1. The average Bonchev–Trinajstić information content (AvgIpc) is 2.67. The lowest BCUT2D eigenvalue weighted by molar-refractivity contribution is -0.151. The van der Waals surface area contributed by atoms with Gasteiger partial charge in [0.15, 0.2) is 5.82 Å². The maximum Gasteiger partial charge on any atom is 0.306 e. The fourth-order valence-corrected chi connectivity index (χ4v) is 4.47. The van der Waals surface area contributed by atoms with Crippen molar-refractivity contribution < 1.29 is 14.7 Å². The van der Waals surface area contributed by atoms with Gasteiger partial charge in [-0.05, 0) is 36.6 Å². The lowest BCUT2D eigenvalue weighted by Crippen LogP contribution is -2.54. The monoisotopic (exact) mass is 448 g/mol. The molecule has 9 heteroatoms. The van der Waals surface area contributed by atoms with Gasteiger partial charge in [-0.15, -0.1) is 0 Å². The van der Waals surface area contributed by atoms with Crippen LogP contribution >= 0.6 is 23.2 Å². The molecule has 1 amide bonds. The molecule has 1 atom stereocenters. The highest BCUT2D eigenvalue weighted by molar-refractivity contribution is 6.31. The third-order valence-corrected chi connectivity index (χ3v) is 6.38. The van der Waals surface area contributed by atoms with Crippen molar-refractivity contribution in [3.05, 3.63) is 52.1 Å². The van der Waals surface area contributed by atoms with E-state index in [2.05, 4.69) is 9.88 Å². The number of nitrogens with two attached hydrogens (primary N) is 1. The van der Waals surface area contributed by atoms with Gasteiger partial charge in [0, 0.05) is 36.8 Å². The second kappa shape index (κ2) is 8.32. The smallest absolute Gasteiger partial charge is 0.306 e. The molecule has 0 bridgehead atoms. The first-order chi connectivity index (χ1) is 14.3. The summed E-state index contributed by atoms with van der Waals surface area (Å²) in [6.07, 6.45) is 2.38. The van der Waals surface area contributed by atoms with Crippen LogP contribution in [0, 0.1) is 11.8 Å². The molecule has 7 nitrogen and oxygen atoms in total. The number of benzene rings is 1. The number of hydrogen-bond acceptors (Lipinski definition) is 5. The molecule has 3 N–H and O–H groups in total. The van der Waals surface area contributed by atoms with Gasteiger partial charge in [-0.3, -0.25) is 9.59 Å². The third kappa shape index (κ3) is 4.04. The molecule has 2 fully saturated rings. The molecule has 0 spiro atoms. The highest BCUT2D eigenvalue weighted by Crippen LogP contribution is 2.38. The lowest BCUT2D eigenvalue weighted by atomic mass is 9.74. The zero-order chi connectivity index (χ0) is 21.4.